The summed E-state index contributed by atoms with van der Waals surface area (Å²) in [6, 6.07) is 8.05. The summed E-state index contributed by atoms with van der Waals surface area (Å²) in [4.78, 5) is 31.9. The maximum atomic E-state index is 12.9. The maximum Gasteiger partial charge on any atom is 0.270 e. The minimum atomic E-state index is -0.480. The Labute approximate surface area is 164 Å². The number of benzene rings is 1. The van der Waals surface area contributed by atoms with Crippen molar-refractivity contribution in [2.45, 2.75) is 19.8 Å². The molecule has 8 nitrogen and oxygen atoms in total. The monoisotopic (exact) mass is 383 g/mol. The lowest BCUT2D eigenvalue weighted by Gasteiger charge is -2.33. The fraction of sp³-hybridized carbons (Fsp3) is 0.400. The van der Waals surface area contributed by atoms with Gasteiger partial charge in [-0.2, -0.15) is 0 Å². The molecule has 1 N–H and O–H groups in total. The molecule has 1 saturated heterocycles. The molecule has 8 heteroatoms. The van der Waals surface area contributed by atoms with Crippen LogP contribution in [0.5, 0.6) is 0 Å². The van der Waals surface area contributed by atoms with Crippen LogP contribution in [-0.2, 0) is 0 Å². The Kier molecular flexibility index (Phi) is 5.77. The molecule has 1 fully saturated rings. The van der Waals surface area contributed by atoms with Gasteiger partial charge < -0.3 is 15.1 Å². The highest BCUT2D eigenvalue weighted by molar-refractivity contribution is 6.08. The van der Waals surface area contributed by atoms with Crippen molar-refractivity contribution in [2.75, 3.05) is 42.3 Å². The van der Waals surface area contributed by atoms with Crippen molar-refractivity contribution in [3.05, 3.63) is 52.2 Å². The highest BCUT2D eigenvalue weighted by Gasteiger charge is 2.23. The predicted molar refractivity (Wildman–Crippen MR) is 110 cm³/mol. The van der Waals surface area contributed by atoms with E-state index < -0.39 is 4.92 Å². The fourth-order valence-corrected chi connectivity index (χ4v) is 3.27. The van der Waals surface area contributed by atoms with Gasteiger partial charge in [0.05, 0.1) is 28.1 Å². The van der Waals surface area contributed by atoms with Gasteiger partial charge in [-0.1, -0.05) is 6.92 Å². The van der Waals surface area contributed by atoms with Crippen LogP contribution in [0, 0.1) is 16.0 Å². The van der Waals surface area contributed by atoms with Gasteiger partial charge in [0.1, 0.15) is 5.82 Å². The Morgan fingerprint density at radius 3 is 2.54 bits per heavy atom. The van der Waals surface area contributed by atoms with Gasteiger partial charge in [-0.15, -0.1) is 0 Å². The molecule has 3 rings (SSSR count). The van der Waals surface area contributed by atoms with Crippen LogP contribution >= 0.6 is 0 Å². The summed E-state index contributed by atoms with van der Waals surface area (Å²) in [7, 11) is 3.77. The number of non-ortho nitro benzene ring substituents is 1. The second kappa shape index (κ2) is 8.24. The number of hydrogen-bond acceptors (Lipinski definition) is 6. The molecule has 148 valence electrons. The second-order valence-electron chi connectivity index (χ2n) is 7.38. The number of carbonyl (C=O) groups is 1. The zero-order valence-electron chi connectivity index (χ0n) is 16.4. The van der Waals surface area contributed by atoms with Crippen LogP contribution in [0.2, 0.25) is 0 Å². The van der Waals surface area contributed by atoms with Gasteiger partial charge in [-0.3, -0.25) is 14.9 Å². The van der Waals surface area contributed by atoms with Crippen molar-refractivity contribution in [1.29, 1.82) is 0 Å². The lowest BCUT2D eigenvalue weighted by molar-refractivity contribution is -0.384. The first kappa shape index (κ1) is 19.6. The summed E-state index contributed by atoms with van der Waals surface area (Å²) >= 11 is 0. The van der Waals surface area contributed by atoms with E-state index in [1.54, 1.807) is 24.4 Å². The van der Waals surface area contributed by atoms with E-state index in [0.717, 1.165) is 37.4 Å². The number of nitro benzene ring substituents is 1. The molecule has 0 atom stereocenters. The lowest BCUT2D eigenvalue weighted by Crippen LogP contribution is -2.34. The zero-order valence-corrected chi connectivity index (χ0v) is 16.4. The quantitative estimate of drug-likeness (QED) is 0.627. The van der Waals surface area contributed by atoms with Crippen LogP contribution in [0.25, 0.3) is 0 Å². The van der Waals surface area contributed by atoms with E-state index >= 15 is 0 Å². The Bertz CT molecular complexity index is 859. The molecule has 1 aliphatic heterocycles. The van der Waals surface area contributed by atoms with E-state index in [0.29, 0.717) is 17.2 Å². The summed E-state index contributed by atoms with van der Waals surface area (Å²) in [5.74, 6) is 1.04. The number of amides is 1. The Hall–Kier alpha value is -3.16. The van der Waals surface area contributed by atoms with E-state index in [9.17, 15) is 14.9 Å². The van der Waals surface area contributed by atoms with Gasteiger partial charge >= 0.3 is 0 Å². The molecule has 1 aromatic heterocycles. The maximum absolute atomic E-state index is 12.9. The van der Waals surface area contributed by atoms with E-state index in [4.69, 9.17) is 0 Å². The molecular weight excluding hydrogens is 358 g/mol. The van der Waals surface area contributed by atoms with Crippen LogP contribution < -0.4 is 15.1 Å². The number of nitrogens with one attached hydrogen (secondary N) is 1. The fourth-order valence-electron chi connectivity index (χ4n) is 3.27. The molecule has 1 aromatic carbocycles. The molecule has 28 heavy (non-hydrogen) atoms. The molecular formula is C20H25N5O3. The molecule has 1 aliphatic rings. The number of anilines is 3. The summed E-state index contributed by atoms with van der Waals surface area (Å²) in [5, 5.41) is 14.0. The first-order chi connectivity index (χ1) is 13.3. The third kappa shape index (κ3) is 4.39. The summed E-state index contributed by atoms with van der Waals surface area (Å²) in [5.41, 5.74) is 1.48. The number of nitrogens with zero attached hydrogens (tertiary/aromatic N) is 4. The summed E-state index contributed by atoms with van der Waals surface area (Å²) in [6.45, 7) is 3.88. The average Bonchev–Trinajstić information content (AvgIpc) is 2.68. The van der Waals surface area contributed by atoms with E-state index in [-0.39, 0.29) is 11.6 Å². The molecule has 0 spiro atoms. The van der Waals surface area contributed by atoms with Crippen molar-refractivity contribution in [1.82, 2.24) is 4.98 Å². The first-order valence-corrected chi connectivity index (χ1v) is 9.33. The average molecular weight is 383 g/mol. The number of nitro groups is 1. The number of piperidine rings is 1. The normalized spacial score (nSPS) is 14.6. The van der Waals surface area contributed by atoms with Gasteiger partial charge in [0, 0.05) is 39.3 Å². The van der Waals surface area contributed by atoms with Crippen LogP contribution in [0.1, 0.15) is 30.1 Å². The van der Waals surface area contributed by atoms with Crippen LogP contribution in [-0.4, -0.2) is 43.0 Å². The Morgan fingerprint density at radius 1 is 1.25 bits per heavy atom. The number of carbonyl (C=O) groups excluding carboxylic acids is 1. The molecule has 0 bridgehead atoms. The molecule has 1 amide bonds. The summed E-state index contributed by atoms with van der Waals surface area (Å²) < 4.78 is 0. The molecule has 0 aliphatic carbocycles. The number of hydrogen-bond donors (Lipinski definition) is 1. The topological polar surface area (TPSA) is 91.6 Å². The third-order valence-electron chi connectivity index (χ3n) is 5.02. The van der Waals surface area contributed by atoms with E-state index in [1.165, 1.54) is 12.1 Å². The molecule has 2 aromatic rings. The minimum absolute atomic E-state index is 0.0969. The van der Waals surface area contributed by atoms with Crippen LogP contribution in [0.4, 0.5) is 22.9 Å². The SMILES string of the molecule is CC1CCN(c2ccc([N+](=O)[O-])cc2C(=O)Nc2ccc(N(C)C)nc2)CC1. The standard InChI is InChI=1S/C20H25N5O3/c1-14-8-10-24(11-9-14)18-6-5-16(25(27)28)12-17(18)20(26)22-15-4-7-19(21-13-15)23(2)3/h4-7,12-14H,8-11H2,1-3H3,(H,22,26). The van der Waals surface area contributed by atoms with E-state index in [2.05, 4.69) is 22.1 Å². The van der Waals surface area contributed by atoms with E-state index in [1.807, 2.05) is 19.0 Å². The molecule has 0 radical (unpaired) electrons. The first-order valence-electron chi connectivity index (χ1n) is 9.33. The largest absolute Gasteiger partial charge is 0.371 e. The van der Waals surface area contributed by atoms with Crippen molar-refractivity contribution in [3.63, 3.8) is 0 Å². The van der Waals surface area contributed by atoms with Crippen molar-refractivity contribution in [2.24, 2.45) is 5.92 Å². The van der Waals surface area contributed by atoms with Gasteiger partial charge in [-0.25, -0.2) is 4.98 Å². The summed E-state index contributed by atoms with van der Waals surface area (Å²) in [6.07, 6.45) is 3.65. The van der Waals surface area contributed by atoms with Crippen molar-refractivity contribution >= 4 is 28.8 Å². The van der Waals surface area contributed by atoms with Crippen LogP contribution in [0.3, 0.4) is 0 Å². The Morgan fingerprint density at radius 2 is 1.96 bits per heavy atom. The number of aromatic nitrogens is 1. The van der Waals surface area contributed by atoms with Crippen molar-refractivity contribution < 1.29 is 9.72 Å². The number of pyridine rings is 1. The van der Waals surface area contributed by atoms with Gasteiger partial charge in [0.25, 0.3) is 11.6 Å². The lowest BCUT2D eigenvalue weighted by atomic mass is 9.98. The van der Waals surface area contributed by atoms with Gasteiger partial charge in [0.15, 0.2) is 0 Å². The van der Waals surface area contributed by atoms with Gasteiger partial charge in [-0.05, 0) is 37.0 Å². The highest BCUT2D eigenvalue weighted by Crippen LogP contribution is 2.30. The van der Waals surface area contributed by atoms with Crippen LogP contribution in [0.15, 0.2) is 36.5 Å². The number of rotatable bonds is 5. The Balaban J connectivity index is 1.87. The van der Waals surface area contributed by atoms with Crippen molar-refractivity contribution in [3.8, 4) is 0 Å². The zero-order chi connectivity index (χ0) is 20.3. The van der Waals surface area contributed by atoms with Gasteiger partial charge in [0.2, 0.25) is 0 Å². The smallest absolute Gasteiger partial charge is 0.270 e. The molecule has 0 saturated carbocycles. The highest BCUT2D eigenvalue weighted by atomic mass is 16.6. The molecule has 0 unspecified atom stereocenters. The third-order valence-corrected chi connectivity index (χ3v) is 5.02. The predicted octanol–water partition coefficient (Wildman–Crippen LogP) is 3.54. The second-order valence-corrected chi connectivity index (χ2v) is 7.38. The molecule has 2 heterocycles. The minimum Gasteiger partial charge on any atom is -0.371 e.